The van der Waals surface area contributed by atoms with Gasteiger partial charge in [0.25, 0.3) is 5.91 Å². The van der Waals surface area contributed by atoms with E-state index in [9.17, 15) is 4.79 Å². The number of rotatable bonds is 4. The first kappa shape index (κ1) is 18.5. The van der Waals surface area contributed by atoms with Crippen LogP contribution in [0.4, 0.5) is 0 Å². The van der Waals surface area contributed by atoms with Gasteiger partial charge in [-0.25, -0.2) is 0 Å². The highest BCUT2D eigenvalue weighted by atomic mass is 35.5. The number of nitrogens with two attached hydrogens (primary N) is 1. The zero-order chi connectivity index (χ0) is 16.4. The van der Waals surface area contributed by atoms with Crippen LogP contribution in [0.1, 0.15) is 35.0 Å². The second-order valence-electron chi connectivity index (χ2n) is 6.43. The van der Waals surface area contributed by atoms with Gasteiger partial charge in [0.2, 0.25) is 0 Å². The molecule has 6 heteroatoms. The van der Waals surface area contributed by atoms with E-state index in [1.807, 2.05) is 34.7 Å². The van der Waals surface area contributed by atoms with Gasteiger partial charge < -0.3 is 10.6 Å². The lowest BCUT2D eigenvalue weighted by atomic mass is 10.1. The van der Waals surface area contributed by atoms with Crippen LogP contribution >= 0.6 is 12.4 Å². The van der Waals surface area contributed by atoms with Gasteiger partial charge in [-0.15, -0.1) is 12.4 Å². The molecular weight excluding hydrogens is 324 g/mol. The summed E-state index contributed by atoms with van der Waals surface area (Å²) in [4.78, 5) is 14.8. The lowest BCUT2D eigenvalue weighted by Crippen LogP contribution is -2.34. The fraction of sp³-hybridized carbons (Fsp3) is 0.444. The summed E-state index contributed by atoms with van der Waals surface area (Å²) in [6.45, 7) is 6.13. The Morgan fingerprint density at radius 2 is 2.04 bits per heavy atom. The van der Waals surface area contributed by atoms with E-state index >= 15 is 0 Å². The topological polar surface area (TPSA) is 64.2 Å². The highest BCUT2D eigenvalue weighted by Gasteiger charge is 2.33. The van der Waals surface area contributed by atoms with E-state index in [1.54, 1.807) is 6.20 Å². The average Bonchev–Trinajstić information content (AvgIpc) is 3.11. The van der Waals surface area contributed by atoms with Crippen LogP contribution in [0.25, 0.3) is 0 Å². The van der Waals surface area contributed by atoms with E-state index < -0.39 is 0 Å². The summed E-state index contributed by atoms with van der Waals surface area (Å²) in [5.41, 5.74) is 8.56. The van der Waals surface area contributed by atoms with Gasteiger partial charge in [-0.05, 0) is 38.3 Å². The van der Waals surface area contributed by atoms with Crippen molar-refractivity contribution in [3.05, 3.63) is 53.3 Å². The van der Waals surface area contributed by atoms with E-state index in [-0.39, 0.29) is 24.4 Å². The van der Waals surface area contributed by atoms with Crippen LogP contribution in [0.15, 0.2) is 36.5 Å². The SMILES string of the molecule is Cc1c(C(=O)N2CC(CN)CC2C)cnn1Cc1ccccc1.Cl. The van der Waals surface area contributed by atoms with Crippen LogP contribution in [0.3, 0.4) is 0 Å². The highest BCUT2D eigenvalue weighted by molar-refractivity contribution is 5.95. The first-order valence-electron chi connectivity index (χ1n) is 8.17. The third-order valence-electron chi connectivity index (χ3n) is 4.76. The Morgan fingerprint density at radius 3 is 2.67 bits per heavy atom. The molecule has 2 N–H and O–H groups in total. The molecule has 1 aliphatic heterocycles. The molecule has 0 spiro atoms. The summed E-state index contributed by atoms with van der Waals surface area (Å²) in [5.74, 6) is 0.485. The Bertz CT molecular complexity index is 686. The number of halogens is 1. The van der Waals surface area contributed by atoms with Crippen molar-refractivity contribution in [2.75, 3.05) is 13.1 Å². The molecule has 130 valence electrons. The van der Waals surface area contributed by atoms with Crippen molar-refractivity contribution in [1.82, 2.24) is 14.7 Å². The van der Waals surface area contributed by atoms with Crippen molar-refractivity contribution in [3.8, 4) is 0 Å². The summed E-state index contributed by atoms with van der Waals surface area (Å²) >= 11 is 0. The smallest absolute Gasteiger partial charge is 0.257 e. The number of carbonyl (C=O) groups excluding carboxylic acids is 1. The third-order valence-corrected chi connectivity index (χ3v) is 4.76. The van der Waals surface area contributed by atoms with E-state index in [0.717, 1.165) is 18.7 Å². The van der Waals surface area contributed by atoms with E-state index in [0.29, 0.717) is 24.6 Å². The summed E-state index contributed by atoms with van der Waals surface area (Å²) in [6.07, 6.45) is 2.68. The van der Waals surface area contributed by atoms with Gasteiger partial charge in [-0.2, -0.15) is 5.10 Å². The van der Waals surface area contributed by atoms with Gasteiger partial charge in [-0.3, -0.25) is 9.48 Å². The predicted octanol–water partition coefficient (Wildman–Crippen LogP) is 2.47. The minimum Gasteiger partial charge on any atom is -0.335 e. The predicted molar refractivity (Wildman–Crippen MR) is 97.4 cm³/mol. The molecule has 1 aromatic heterocycles. The molecule has 2 aromatic rings. The molecule has 0 saturated carbocycles. The van der Waals surface area contributed by atoms with Crippen LogP contribution in [0, 0.1) is 12.8 Å². The molecule has 3 rings (SSSR count). The molecule has 24 heavy (non-hydrogen) atoms. The van der Waals surface area contributed by atoms with Crippen molar-refractivity contribution >= 4 is 18.3 Å². The first-order valence-corrected chi connectivity index (χ1v) is 8.17. The number of hydrogen-bond donors (Lipinski definition) is 1. The minimum atomic E-state index is 0. The molecule has 1 saturated heterocycles. The monoisotopic (exact) mass is 348 g/mol. The van der Waals surface area contributed by atoms with Crippen molar-refractivity contribution in [3.63, 3.8) is 0 Å². The van der Waals surface area contributed by atoms with Gasteiger partial charge in [0.15, 0.2) is 0 Å². The molecule has 1 amide bonds. The van der Waals surface area contributed by atoms with E-state index in [4.69, 9.17) is 5.73 Å². The van der Waals surface area contributed by atoms with Gasteiger partial charge in [-0.1, -0.05) is 30.3 Å². The second kappa shape index (κ2) is 7.81. The van der Waals surface area contributed by atoms with Crippen molar-refractivity contribution in [2.45, 2.75) is 32.9 Å². The fourth-order valence-corrected chi connectivity index (χ4v) is 3.32. The molecule has 2 atom stereocenters. The molecule has 1 aromatic carbocycles. The Labute approximate surface area is 149 Å². The third kappa shape index (κ3) is 3.62. The number of amides is 1. The van der Waals surface area contributed by atoms with Crippen molar-refractivity contribution in [2.24, 2.45) is 11.7 Å². The molecule has 1 fully saturated rings. The Morgan fingerprint density at radius 1 is 1.33 bits per heavy atom. The summed E-state index contributed by atoms with van der Waals surface area (Å²) in [5, 5.41) is 4.41. The molecule has 1 aliphatic rings. The summed E-state index contributed by atoms with van der Waals surface area (Å²) < 4.78 is 1.89. The maximum absolute atomic E-state index is 12.8. The van der Waals surface area contributed by atoms with E-state index in [2.05, 4.69) is 24.2 Å². The molecule has 0 bridgehead atoms. The number of carbonyl (C=O) groups is 1. The van der Waals surface area contributed by atoms with Crippen LogP contribution in [0.2, 0.25) is 0 Å². The fourth-order valence-electron chi connectivity index (χ4n) is 3.32. The Kier molecular flexibility index (Phi) is 6.02. The lowest BCUT2D eigenvalue weighted by Gasteiger charge is -2.21. The summed E-state index contributed by atoms with van der Waals surface area (Å²) in [7, 11) is 0. The van der Waals surface area contributed by atoms with Crippen molar-refractivity contribution < 1.29 is 4.79 Å². The number of nitrogens with zero attached hydrogens (tertiary/aromatic N) is 3. The second-order valence-corrected chi connectivity index (χ2v) is 6.43. The highest BCUT2D eigenvalue weighted by Crippen LogP contribution is 2.25. The molecule has 5 nitrogen and oxygen atoms in total. The normalized spacial score (nSPS) is 20.0. The standard InChI is InChI=1S/C18H24N4O.ClH/c1-13-8-16(9-19)11-21(13)18(23)17-10-20-22(14(17)2)12-15-6-4-3-5-7-15;/h3-7,10,13,16H,8-9,11-12,19H2,1-2H3;1H. The Hall–Kier alpha value is -1.85. The maximum atomic E-state index is 12.8. The maximum Gasteiger partial charge on any atom is 0.257 e. The molecule has 2 unspecified atom stereocenters. The number of benzene rings is 1. The molecule has 0 aliphatic carbocycles. The average molecular weight is 349 g/mol. The minimum absolute atomic E-state index is 0. The Balaban J connectivity index is 0.00000208. The van der Waals surface area contributed by atoms with Gasteiger partial charge in [0, 0.05) is 18.3 Å². The van der Waals surface area contributed by atoms with Crippen LogP contribution < -0.4 is 5.73 Å². The summed E-state index contributed by atoms with van der Waals surface area (Å²) in [6, 6.07) is 10.4. The zero-order valence-electron chi connectivity index (χ0n) is 14.2. The quantitative estimate of drug-likeness (QED) is 0.923. The first-order chi connectivity index (χ1) is 11.1. The zero-order valence-corrected chi connectivity index (χ0v) is 15.0. The number of likely N-dealkylation sites (tertiary alicyclic amines) is 1. The molecule has 2 heterocycles. The van der Waals surface area contributed by atoms with E-state index in [1.165, 1.54) is 5.56 Å². The van der Waals surface area contributed by atoms with Gasteiger partial charge in [0.1, 0.15) is 0 Å². The largest absolute Gasteiger partial charge is 0.335 e. The van der Waals surface area contributed by atoms with Gasteiger partial charge in [0.05, 0.1) is 18.3 Å². The molecular formula is C18H25ClN4O. The van der Waals surface area contributed by atoms with Crippen LogP contribution in [-0.4, -0.2) is 39.7 Å². The van der Waals surface area contributed by atoms with Crippen LogP contribution in [-0.2, 0) is 6.54 Å². The van der Waals surface area contributed by atoms with Crippen molar-refractivity contribution in [1.29, 1.82) is 0 Å². The molecule has 0 radical (unpaired) electrons. The number of aromatic nitrogens is 2. The lowest BCUT2D eigenvalue weighted by molar-refractivity contribution is 0.0742. The van der Waals surface area contributed by atoms with Crippen LogP contribution in [0.5, 0.6) is 0 Å². The number of hydrogen-bond acceptors (Lipinski definition) is 3. The van der Waals surface area contributed by atoms with Gasteiger partial charge >= 0.3 is 0 Å².